The standard InChI is InChI=1S/C22H33N5O3/c1-24(2)18-7-13-25(16-18)11-5-12-27-17-22(30-21(27)29)8-14-26(15-9-22)20(28)19-6-3-4-10-23-19/h3-4,6,10,18H,5,7-9,11-17H2,1-2H3/t18-/m0/s1. The maximum atomic E-state index is 12.6. The quantitative estimate of drug-likeness (QED) is 0.702. The van der Waals surface area contributed by atoms with Crippen molar-refractivity contribution in [1.29, 1.82) is 0 Å². The molecule has 3 fully saturated rings. The minimum atomic E-state index is -0.443. The van der Waals surface area contributed by atoms with Crippen molar-refractivity contribution in [2.45, 2.75) is 37.3 Å². The molecule has 4 rings (SSSR count). The van der Waals surface area contributed by atoms with Gasteiger partial charge >= 0.3 is 6.09 Å². The Labute approximate surface area is 178 Å². The molecular formula is C22H33N5O3. The average Bonchev–Trinajstić information content (AvgIpc) is 3.34. The molecule has 2 amide bonds. The molecule has 0 saturated carbocycles. The predicted octanol–water partition coefficient (Wildman–Crippen LogP) is 1.53. The molecular weight excluding hydrogens is 382 g/mol. The van der Waals surface area contributed by atoms with Crippen LogP contribution in [-0.4, -0.2) is 108 Å². The third-order valence-corrected chi connectivity index (χ3v) is 6.77. The number of amides is 2. The van der Waals surface area contributed by atoms with Gasteiger partial charge in [0.1, 0.15) is 11.3 Å². The highest BCUT2D eigenvalue weighted by molar-refractivity contribution is 5.92. The predicted molar refractivity (Wildman–Crippen MR) is 113 cm³/mol. The van der Waals surface area contributed by atoms with Crippen molar-refractivity contribution in [3.05, 3.63) is 30.1 Å². The lowest BCUT2D eigenvalue weighted by molar-refractivity contribution is 0.00296. The molecule has 1 aromatic heterocycles. The molecule has 8 nitrogen and oxygen atoms in total. The van der Waals surface area contributed by atoms with Crippen LogP contribution in [0.4, 0.5) is 4.79 Å². The molecule has 1 atom stereocenters. The maximum absolute atomic E-state index is 12.6. The Bertz CT molecular complexity index is 748. The largest absolute Gasteiger partial charge is 0.441 e. The summed E-state index contributed by atoms with van der Waals surface area (Å²) in [7, 11) is 4.28. The minimum absolute atomic E-state index is 0.0479. The summed E-state index contributed by atoms with van der Waals surface area (Å²) in [6.45, 7) is 5.83. The van der Waals surface area contributed by atoms with E-state index in [1.165, 1.54) is 6.42 Å². The smallest absolute Gasteiger partial charge is 0.410 e. The van der Waals surface area contributed by atoms with Gasteiger partial charge in [0.15, 0.2) is 0 Å². The van der Waals surface area contributed by atoms with Crippen LogP contribution in [0, 0.1) is 0 Å². The van der Waals surface area contributed by atoms with Gasteiger partial charge in [-0.1, -0.05) is 6.07 Å². The van der Waals surface area contributed by atoms with Crippen molar-refractivity contribution in [2.75, 3.05) is 59.9 Å². The number of pyridine rings is 1. The molecule has 30 heavy (non-hydrogen) atoms. The van der Waals surface area contributed by atoms with E-state index in [0.717, 1.165) is 32.6 Å². The lowest BCUT2D eigenvalue weighted by Crippen LogP contribution is -2.49. The van der Waals surface area contributed by atoms with Gasteiger partial charge in [-0.05, 0) is 52.2 Å². The Morgan fingerprint density at radius 1 is 1.23 bits per heavy atom. The number of carbonyl (C=O) groups is 2. The Kier molecular flexibility index (Phi) is 6.24. The van der Waals surface area contributed by atoms with Crippen LogP contribution >= 0.6 is 0 Å². The highest BCUT2D eigenvalue weighted by atomic mass is 16.6. The van der Waals surface area contributed by atoms with E-state index in [1.54, 1.807) is 18.3 Å². The van der Waals surface area contributed by atoms with Crippen molar-refractivity contribution in [1.82, 2.24) is 24.6 Å². The fraction of sp³-hybridized carbons (Fsp3) is 0.682. The number of nitrogens with zero attached hydrogens (tertiary/aromatic N) is 5. The van der Waals surface area contributed by atoms with Crippen molar-refractivity contribution in [3.8, 4) is 0 Å². The van der Waals surface area contributed by atoms with Gasteiger partial charge < -0.3 is 24.3 Å². The maximum Gasteiger partial charge on any atom is 0.410 e. The number of likely N-dealkylation sites (N-methyl/N-ethyl adjacent to an activating group) is 1. The average molecular weight is 416 g/mol. The number of aromatic nitrogens is 1. The molecule has 1 spiro atoms. The number of likely N-dealkylation sites (tertiary alicyclic amines) is 2. The van der Waals surface area contributed by atoms with E-state index in [-0.39, 0.29) is 12.0 Å². The number of hydrogen-bond acceptors (Lipinski definition) is 6. The zero-order valence-electron chi connectivity index (χ0n) is 18.1. The lowest BCUT2D eigenvalue weighted by atomic mass is 9.91. The molecule has 0 unspecified atom stereocenters. The first-order valence-corrected chi connectivity index (χ1v) is 11.0. The SMILES string of the molecule is CN(C)[C@H]1CCN(CCCN2CC3(CCN(C(=O)c4ccccn4)CC3)OC2=O)C1. The summed E-state index contributed by atoms with van der Waals surface area (Å²) in [4.78, 5) is 37.7. The first-order chi connectivity index (χ1) is 14.5. The van der Waals surface area contributed by atoms with E-state index in [9.17, 15) is 9.59 Å². The molecule has 0 radical (unpaired) electrons. The van der Waals surface area contributed by atoms with Crippen LogP contribution in [0.5, 0.6) is 0 Å². The second kappa shape index (κ2) is 8.89. The molecule has 3 aliphatic heterocycles. The Hall–Kier alpha value is -2.19. The molecule has 1 aromatic rings. The van der Waals surface area contributed by atoms with E-state index >= 15 is 0 Å². The van der Waals surface area contributed by atoms with Gasteiger partial charge in [-0.3, -0.25) is 9.78 Å². The first-order valence-electron chi connectivity index (χ1n) is 11.0. The van der Waals surface area contributed by atoms with E-state index in [4.69, 9.17) is 4.74 Å². The minimum Gasteiger partial charge on any atom is -0.441 e. The number of carbonyl (C=O) groups excluding carboxylic acids is 2. The lowest BCUT2D eigenvalue weighted by Gasteiger charge is -2.37. The second-order valence-electron chi connectivity index (χ2n) is 9.04. The van der Waals surface area contributed by atoms with Gasteiger partial charge in [0.25, 0.3) is 5.91 Å². The Morgan fingerprint density at radius 3 is 2.70 bits per heavy atom. The van der Waals surface area contributed by atoms with E-state index in [1.807, 2.05) is 15.9 Å². The van der Waals surface area contributed by atoms with Crippen LogP contribution in [-0.2, 0) is 4.74 Å². The normalized spacial score (nSPS) is 24.1. The van der Waals surface area contributed by atoms with Gasteiger partial charge in [-0.15, -0.1) is 0 Å². The Balaban J connectivity index is 1.22. The van der Waals surface area contributed by atoms with Crippen LogP contribution in [0.1, 0.15) is 36.2 Å². The second-order valence-corrected chi connectivity index (χ2v) is 9.04. The molecule has 164 valence electrons. The first kappa shape index (κ1) is 21.1. The van der Waals surface area contributed by atoms with Gasteiger partial charge in [0.05, 0.1) is 6.54 Å². The van der Waals surface area contributed by atoms with Crippen LogP contribution in [0.15, 0.2) is 24.4 Å². The molecule has 3 saturated heterocycles. The summed E-state index contributed by atoms with van der Waals surface area (Å²) in [5, 5.41) is 0. The Morgan fingerprint density at radius 2 is 2.03 bits per heavy atom. The molecule has 0 aliphatic carbocycles. The molecule has 8 heteroatoms. The van der Waals surface area contributed by atoms with Gasteiger partial charge in [0.2, 0.25) is 0 Å². The fourth-order valence-electron chi connectivity index (χ4n) is 4.82. The van der Waals surface area contributed by atoms with Crippen LogP contribution in [0.25, 0.3) is 0 Å². The number of ether oxygens (including phenoxy) is 1. The summed E-state index contributed by atoms with van der Waals surface area (Å²) < 4.78 is 5.82. The van der Waals surface area contributed by atoms with Gasteiger partial charge in [-0.2, -0.15) is 0 Å². The highest BCUT2D eigenvalue weighted by Gasteiger charge is 2.47. The molecule has 4 heterocycles. The summed E-state index contributed by atoms with van der Waals surface area (Å²) in [5.74, 6) is -0.0479. The highest BCUT2D eigenvalue weighted by Crippen LogP contribution is 2.33. The number of hydrogen-bond donors (Lipinski definition) is 0. The molecule has 0 bridgehead atoms. The summed E-state index contributed by atoms with van der Waals surface area (Å²) in [6, 6.07) is 6.01. The molecule has 3 aliphatic rings. The third-order valence-electron chi connectivity index (χ3n) is 6.77. The topological polar surface area (TPSA) is 69.2 Å². The van der Waals surface area contributed by atoms with E-state index < -0.39 is 5.60 Å². The molecule has 0 N–H and O–H groups in total. The van der Waals surface area contributed by atoms with Crippen LogP contribution in [0.2, 0.25) is 0 Å². The van der Waals surface area contributed by atoms with Crippen molar-refractivity contribution in [3.63, 3.8) is 0 Å². The van der Waals surface area contributed by atoms with Crippen molar-refractivity contribution in [2.24, 2.45) is 0 Å². The van der Waals surface area contributed by atoms with Gasteiger partial charge in [-0.25, -0.2) is 4.79 Å². The van der Waals surface area contributed by atoms with E-state index in [0.29, 0.717) is 44.2 Å². The number of piperidine rings is 1. The van der Waals surface area contributed by atoms with Gasteiger partial charge in [0, 0.05) is 51.3 Å². The van der Waals surface area contributed by atoms with Crippen LogP contribution < -0.4 is 0 Å². The van der Waals surface area contributed by atoms with Crippen molar-refractivity contribution < 1.29 is 14.3 Å². The fourth-order valence-corrected chi connectivity index (χ4v) is 4.82. The zero-order valence-corrected chi connectivity index (χ0v) is 18.1. The van der Waals surface area contributed by atoms with Crippen LogP contribution in [0.3, 0.4) is 0 Å². The number of rotatable bonds is 6. The van der Waals surface area contributed by atoms with Crippen molar-refractivity contribution >= 4 is 12.0 Å². The zero-order chi connectivity index (χ0) is 21.1. The monoisotopic (exact) mass is 415 g/mol. The van der Waals surface area contributed by atoms with E-state index in [2.05, 4.69) is 28.9 Å². The molecule has 0 aromatic carbocycles. The summed E-state index contributed by atoms with van der Waals surface area (Å²) in [5.41, 5.74) is 0.0265. The summed E-state index contributed by atoms with van der Waals surface area (Å²) >= 11 is 0. The summed E-state index contributed by atoms with van der Waals surface area (Å²) in [6.07, 6.45) is 4.99. The third kappa shape index (κ3) is 4.59.